The standard InChI is InChI=1S/C28H31N7O6/c29-21(9-16-5-7-19(36)8-6-16)26(38)35-23(10-17-12-31-22-4-2-1-3-20(17)22)27(39)32-14-25(37)34-24(28(40)41)11-18-13-30-15-33-18/h1-8,12-13,15,21,23-24,31,36H,9-11,14,29H2,(H,30,33)(H,32,39)(H,34,37)(H,35,38)(H,40,41). The molecule has 4 aromatic rings. The number of aromatic amines is 2. The zero-order chi connectivity index (χ0) is 29.4. The summed E-state index contributed by atoms with van der Waals surface area (Å²) in [5.41, 5.74) is 8.99. The van der Waals surface area contributed by atoms with Crippen LogP contribution in [0.4, 0.5) is 0 Å². The number of phenolic OH excluding ortho intramolecular Hbond substituents is 1. The molecule has 2 aromatic heterocycles. The van der Waals surface area contributed by atoms with Crippen molar-refractivity contribution in [1.29, 1.82) is 0 Å². The number of para-hydroxylation sites is 1. The van der Waals surface area contributed by atoms with Gasteiger partial charge in [0.1, 0.15) is 17.8 Å². The van der Waals surface area contributed by atoms with Crippen molar-refractivity contribution in [3.63, 3.8) is 0 Å². The molecule has 3 unspecified atom stereocenters. The molecule has 13 heteroatoms. The number of carbonyl (C=O) groups excluding carboxylic acids is 3. The number of aromatic hydroxyl groups is 1. The molecule has 4 rings (SSSR count). The van der Waals surface area contributed by atoms with E-state index in [9.17, 15) is 29.4 Å². The summed E-state index contributed by atoms with van der Waals surface area (Å²) in [5, 5.41) is 27.4. The third-order valence-corrected chi connectivity index (χ3v) is 6.50. The number of fused-ring (bicyclic) bond motifs is 1. The van der Waals surface area contributed by atoms with E-state index in [2.05, 4.69) is 30.9 Å². The molecule has 2 heterocycles. The monoisotopic (exact) mass is 561 g/mol. The van der Waals surface area contributed by atoms with Crippen LogP contribution in [-0.4, -0.2) is 73.5 Å². The van der Waals surface area contributed by atoms with Gasteiger partial charge in [0.2, 0.25) is 17.7 Å². The first-order valence-corrected chi connectivity index (χ1v) is 12.9. The lowest BCUT2D eigenvalue weighted by molar-refractivity contribution is -0.141. The molecule has 0 radical (unpaired) electrons. The van der Waals surface area contributed by atoms with Crippen LogP contribution < -0.4 is 21.7 Å². The summed E-state index contributed by atoms with van der Waals surface area (Å²) < 4.78 is 0. The Kier molecular flexibility index (Phi) is 9.32. The number of hydrogen-bond donors (Lipinski definition) is 8. The molecule has 3 atom stereocenters. The second-order valence-electron chi connectivity index (χ2n) is 9.56. The van der Waals surface area contributed by atoms with Gasteiger partial charge in [0.05, 0.1) is 18.9 Å². The number of nitrogens with one attached hydrogen (secondary N) is 5. The lowest BCUT2D eigenvalue weighted by atomic mass is 10.0. The van der Waals surface area contributed by atoms with Gasteiger partial charge in [-0.2, -0.15) is 0 Å². The largest absolute Gasteiger partial charge is 0.508 e. The van der Waals surface area contributed by atoms with Crippen LogP contribution in [0.1, 0.15) is 16.8 Å². The van der Waals surface area contributed by atoms with Crippen LogP contribution in [0.15, 0.2) is 67.3 Å². The number of phenols is 1. The quantitative estimate of drug-likeness (QED) is 0.112. The molecule has 0 aliphatic carbocycles. The van der Waals surface area contributed by atoms with Crippen LogP contribution in [0, 0.1) is 0 Å². The van der Waals surface area contributed by atoms with E-state index in [1.807, 2.05) is 24.3 Å². The number of imidazole rings is 1. The minimum atomic E-state index is -1.24. The van der Waals surface area contributed by atoms with Gasteiger partial charge in [-0.15, -0.1) is 0 Å². The van der Waals surface area contributed by atoms with Crippen molar-refractivity contribution in [1.82, 2.24) is 30.9 Å². The molecule has 13 nitrogen and oxygen atoms in total. The Bertz CT molecular complexity index is 1500. The van der Waals surface area contributed by atoms with E-state index < -0.39 is 48.4 Å². The Labute approximate surface area is 234 Å². The second kappa shape index (κ2) is 13.3. The number of rotatable bonds is 13. The van der Waals surface area contributed by atoms with Crippen molar-refractivity contribution >= 4 is 34.6 Å². The van der Waals surface area contributed by atoms with E-state index in [4.69, 9.17) is 5.73 Å². The summed E-state index contributed by atoms with van der Waals surface area (Å²) in [5.74, 6) is -3.09. The van der Waals surface area contributed by atoms with Crippen LogP contribution >= 0.6 is 0 Å². The average Bonchev–Trinajstić information content (AvgIpc) is 3.62. The number of H-pyrrole nitrogens is 2. The van der Waals surface area contributed by atoms with E-state index in [1.54, 1.807) is 18.3 Å². The Morgan fingerprint density at radius 2 is 1.66 bits per heavy atom. The highest BCUT2D eigenvalue weighted by Crippen LogP contribution is 2.19. The summed E-state index contributed by atoms with van der Waals surface area (Å²) in [6.45, 7) is -0.509. The SMILES string of the molecule is NC(Cc1ccc(O)cc1)C(=O)NC(Cc1c[nH]c2ccccc12)C(=O)NCC(=O)NC(Cc1cnc[nH]1)C(=O)O. The van der Waals surface area contributed by atoms with E-state index in [0.29, 0.717) is 5.69 Å². The summed E-state index contributed by atoms with van der Waals surface area (Å²) in [6, 6.07) is 10.5. The summed E-state index contributed by atoms with van der Waals surface area (Å²) in [6.07, 6.45) is 4.85. The lowest BCUT2D eigenvalue weighted by Crippen LogP contribution is -2.54. The predicted molar refractivity (Wildman–Crippen MR) is 149 cm³/mol. The number of aromatic nitrogens is 3. The van der Waals surface area contributed by atoms with Crippen LogP contribution in [0.25, 0.3) is 10.9 Å². The highest BCUT2D eigenvalue weighted by Gasteiger charge is 2.27. The van der Waals surface area contributed by atoms with Gasteiger partial charge < -0.3 is 41.9 Å². The van der Waals surface area contributed by atoms with Crippen LogP contribution in [0.3, 0.4) is 0 Å². The van der Waals surface area contributed by atoms with E-state index >= 15 is 0 Å². The summed E-state index contributed by atoms with van der Waals surface area (Å²) >= 11 is 0. The number of carbonyl (C=O) groups is 4. The maximum absolute atomic E-state index is 13.2. The molecule has 0 fully saturated rings. The molecule has 0 saturated heterocycles. The molecule has 214 valence electrons. The number of nitrogens with zero attached hydrogens (tertiary/aromatic N) is 1. The van der Waals surface area contributed by atoms with Gasteiger partial charge in [0, 0.05) is 41.8 Å². The zero-order valence-electron chi connectivity index (χ0n) is 22.0. The van der Waals surface area contributed by atoms with E-state index in [0.717, 1.165) is 22.0 Å². The average molecular weight is 562 g/mol. The Balaban J connectivity index is 1.42. The first-order chi connectivity index (χ1) is 19.7. The molecular formula is C28H31N7O6. The van der Waals surface area contributed by atoms with Crippen molar-refractivity contribution in [2.45, 2.75) is 37.4 Å². The molecule has 9 N–H and O–H groups in total. The second-order valence-corrected chi connectivity index (χ2v) is 9.56. The topological polar surface area (TPSA) is 215 Å². The maximum Gasteiger partial charge on any atom is 0.326 e. The Hall–Kier alpha value is -5.17. The predicted octanol–water partition coefficient (Wildman–Crippen LogP) is 0.122. The first kappa shape index (κ1) is 28.8. The zero-order valence-corrected chi connectivity index (χ0v) is 22.0. The maximum atomic E-state index is 13.2. The highest BCUT2D eigenvalue weighted by atomic mass is 16.4. The third kappa shape index (κ3) is 7.92. The number of carboxylic acid groups (broad SMARTS) is 1. The van der Waals surface area contributed by atoms with Crippen molar-refractivity contribution < 1.29 is 29.4 Å². The molecule has 0 aliphatic heterocycles. The van der Waals surface area contributed by atoms with Crippen molar-refractivity contribution in [3.05, 3.63) is 84.1 Å². The highest BCUT2D eigenvalue weighted by molar-refractivity contribution is 5.93. The van der Waals surface area contributed by atoms with Crippen molar-refractivity contribution in [2.75, 3.05) is 6.54 Å². The minimum Gasteiger partial charge on any atom is -0.508 e. The van der Waals surface area contributed by atoms with Gasteiger partial charge in [-0.05, 0) is 35.7 Å². The number of aliphatic carboxylic acids is 1. The number of amides is 3. The van der Waals surface area contributed by atoms with Gasteiger partial charge in [0.25, 0.3) is 0 Å². The molecule has 0 spiro atoms. The lowest BCUT2D eigenvalue weighted by Gasteiger charge is -2.21. The van der Waals surface area contributed by atoms with Gasteiger partial charge in [0.15, 0.2) is 0 Å². The fourth-order valence-corrected chi connectivity index (χ4v) is 4.34. The van der Waals surface area contributed by atoms with Crippen LogP contribution in [0.5, 0.6) is 5.75 Å². The molecule has 41 heavy (non-hydrogen) atoms. The normalized spacial score (nSPS) is 13.2. The minimum absolute atomic E-state index is 0.0206. The fourth-order valence-electron chi connectivity index (χ4n) is 4.34. The summed E-state index contributed by atoms with van der Waals surface area (Å²) in [4.78, 5) is 60.1. The Morgan fingerprint density at radius 1 is 0.902 bits per heavy atom. The Morgan fingerprint density at radius 3 is 2.37 bits per heavy atom. The number of carboxylic acids is 1. The van der Waals surface area contributed by atoms with Crippen LogP contribution in [0.2, 0.25) is 0 Å². The van der Waals surface area contributed by atoms with Gasteiger partial charge in [-0.1, -0.05) is 30.3 Å². The van der Waals surface area contributed by atoms with Crippen molar-refractivity contribution in [2.24, 2.45) is 5.73 Å². The van der Waals surface area contributed by atoms with Crippen LogP contribution in [-0.2, 0) is 38.4 Å². The van der Waals surface area contributed by atoms with E-state index in [-0.39, 0.29) is 25.0 Å². The van der Waals surface area contributed by atoms with Gasteiger partial charge in [-0.25, -0.2) is 9.78 Å². The molecule has 3 amide bonds. The molecule has 2 aromatic carbocycles. The number of benzene rings is 2. The smallest absolute Gasteiger partial charge is 0.326 e. The first-order valence-electron chi connectivity index (χ1n) is 12.9. The van der Waals surface area contributed by atoms with Gasteiger partial charge >= 0.3 is 5.97 Å². The third-order valence-electron chi connectivity index (χ3n) is 6.50. The molecular weight excluding hydrogens is 530 g/mol. The number of nitrogens with two attached hydrogens (primary N) is 1. The van der Waals surface area contributed by atoms with Crippen molar-refractivity contribution in [3.8, 4) is 5.75 Å². The van der Waals surface area contributed by atoms with Gasteiger partial charge in [-0.3, -0.25) is 14.4 Å². The molecule has 0 bridgehead atoms. The van der Waals surface area contributed by atoms with E-state index in [1.165, 1.54) is 24.7 Å². The number of hydrogen-bond acceptors (Lipinski definition) is 7. The molecule has 0 saturated carbocycles. The molecule has 0 aliphatic rings. The summed E-state index contributed by atoms with van der Waals surface area (Å²) in [7, 11) is 0. The fraction of sp³-hybridized carbons (Fsp3) is 0.250.